The van der Waals surface area contributed by atoms with Crippen LogP contribution in [0.2, 0.25) is 0 Å². The molecule has 16 heavy (non-hydrogen) atoms. The third-order valence-corrected chi connectivity index (χ3v) is 4.06. The Morgan fingerprint density at radius 2 is 1.94 bits per heavy atom. The van der Waals surface area contributed by atoms with E-state index in [4.69, 9.17) is 5.73 Å². The molecule has 0 heterocycles. The first kappa shape index (κ1) is 14.0. The van der Waals surface area contributed by atoms with E-state index in [9.17, 15) is 0 Å². The van der Waals surface area contributed by atoms with Crippen molar-refractivity contribution in [1.82, 2.24) is 4.90 Å². The summed E-state index contributed by atoms with van der Waals surface area (Å²) in [5, 5.41) is 0. The first-order chi connectivity index (χ1) is 7.77. The Morgan fingerprint density at radius 3 is 2.50 bits per heavy atom. The van der Waals surface area contributed by atoms with Crippen LogP contribution >= 0.6 is 0 Å². The van der Waals surface area contributed by atoms with Crippen molar-refractivity contribution in [3.8, 4) is 0 Å². The Labute approximate surface area is 102 Å². The summed E-state index contributed by atoms with van der Waals surface area (Å²) in [4.78, 5) is 2.52. The topological polar surface area (TPSA) is 29.3 Å². The fraction of sp³-hybridized carbons (Fsp3) is 1.00. The molecule has 0 bridgehead atoms. The summed E-state index contributed by atoms with van der Waals surface area (Å²) in [6.45, 7) is 4.36. The van der Waals surface area contributed by atoms with Crippen molar-refractivity contribution in [2.24, 2.45) is 11.7 Å². The molecule has 2 heteroatoms. The highest BCUT2D eigenvalue weighted by molar-refractivity contribution is 4.75. The lowest BCUT2D eigenvalue weighted by atomic mass is 10.0. The van der Waals surface area contributed by atoms with E-state index in [-0.39, 0.29) is 0 Å². The lowest BCUT2D eigenvalue weighted by Gasteiger charge is -2.29. The van der Waals surface area contributed by atoms with Crippen LogP contribution in [0, 0.1) is 5.92 Å². The number of likely N-dealkylation sites (N-methyl/N-ethyl adjacent to an activating group) is 1. The molecule has 1 rings (SSSR count). The standard InChI is InChI=1S/C14H30N2/c1-3-4-5-10-14(11-15)16(2)12-13-8-6-7-9-13/h13-14H,3-12,15H2,1-2H3. The van der Waals surface area contributed by atoms with Gasteiger partial charge in [0.05, 0.1) is 0 Å². The fourth-order valence-corrected chi connectivity index (χ4v) is 2.90. The van der Waals surface area contributed by atoms with Gasteiger partial charge < -0.3 is 10.6 Å². The fourth-order valence-electron chi connectivity index (χ4n) is 2.90. The molecule has 1 unspecified atom stereocenters. The van der Waals surface area contributed by atoms with Crippen LogP contribution in [0.25, 0.3) is 0 Å². The molecule has 96 valence electrons. The van der Waals surface area contributed by atoms with Crippen LogP contribution in [-0.2, 0) is 0 Å². The SMILES string of the molecule is CCCCCC(CN)N(C)CC1CCCC1. The zero-order valence-electron chi connectivity index (χ0n) is 11.3. The molecule has 2 nitrogen and oxygen atoms in total. The molecule has 0 radical (unpaired) electrons. The molecule has 1 saturated carbocycles. The van der Waals surface area contributed by atoms with Gasteiger partial charge in [0.1, 0.15) is 0 Å². The van der Waals surface area contributed by atoms with Gasteiger partial charge in [0, 0.05) is 19.1 Å². The minimum absolute atomic E-state index is 0.618. The van der Waals surface area contributed by atoms with E-state index in [1.54, 1.807) is 0 Å². The van der Waals surface area contributed by atoms with Crippen molar-refractivity contribution in [2.75, 3.05) is 20.1 Å². The predicted molar refractivity (Wildman–Crippen MR) is 71.6 cm³/mol. The molecule has 0 aromatic carbocycles. The Kier molecular flexibility index (Phi) is 7.06. The molecule has 0 saturated heterocycles. The summed E-state index contributed by atoms with van der Waals surface area (Å²) < 4.78 is 0. The van der Waals surface area contributed by atoms with Crippen molar-refractivity contribution in [1.29, 1.82) is 0 Å². The maximum atomic E-state index is 5.89. The van der Waals surface area contributed by atoms with Crippen LogP contribution in [0.5, 0.6) is 0 Å². The van der Waals surface area contributed by atoms with Gasteiger partial charge in [-0.05, 0) is 32.2 Å². The molecule has 1 aliphatic carbocycles. The van der Waals surface area contributed by atoms with E-state index >= 15 is 0 Å². The molecule has 0 aliphatic heterocycles. The first-order valence-corrected chi connectivity index (χ1v) is 7.18. The maximum Gasteiger partial charge on any atom is 0.0215 e. The Morgan fingerprint density at radius 1 is 1.25 bits per heavy atom. The molecule has 0 aromatic rings. The van der Waals surface area contributed by atoms with Crippen molar-refractivity contribution < 1.29 is 0 Å². The van der Waals surface area contributed by atoms with Gasteiger partial charge in [-0.2, -0.15) is 0 Å². The summed E-state index contributed by atoms with van der Waals surface area (Å²) >= 11 is 0. The molecule has 2 N–H and O–H groups in total. The largest absolute Gasteiger partial charge is 0.329 e. The Bertz CT molecular complexity index is 164. The van der Waals surface area contributed by atoms with E-state index in [0.717, 1.165) is 12.5 Å². The minimum atomic E-state index is 0.618. The maximum absolute atomic E-state index is 5.89. The number of nitrogens with zero attached hydrogens (tertiary/aromatic N) is 1. The highest BCUT2D eigenvalue weighted by Gasteiger charge is 2.20. The van der Waals surface area contributed by atoms with Crippen LogP contribution in [0.1, 0.15) is 58.3 Å². The van der Waals surface area contributed by atoms with Gasteiger partial charge in [0.2, 0.25) is 0 Å². The number of nitrogens with two attached hydrogens (primary N) is 1. The van der Waals surface area contributed by atoms with Gasteiger partial charge in [0.15, 0.2) is 0 Å². The van der Waals surface area contributed by atoms with E-state index in [1.807, 2.05) is 0 Å². The highest BCUT2D eigenvalue weighted by atomic mass is 15.1. The summed E-state index contributed by atoms with van der Waals surface area (Å²) in [5.74, 6) is 0.949. The Hall–Kier alpha value is -0.0800. The average molecular weight is 226 g/mol. The van der Waals surface area contributed by atoms with Crippen molar-refractivity contribution in [3.05, 3.63) is 0 Å². The first-order valence-electron chi connectivity index (χ1n) is 7.18. The van der Waals surface area contributed by atoms with Crippen LogP contribution in [0.4, 0.5) is 0 Å². The van der Waals surface area contributed by atoms with Gasteiger partial charge in [-0.15, -0.1) is 0 Å². The monoisotopic (exact) mass is 226 g/mol. The second kappa shape index (κ2) is 8.08. The zero-order chi connectivity index (χ0) is 11.8. The zero-order valence-corrected chi connectivity index (χ0v) is 11.3. The smallest absolute Gasteiger partial charge is 0.0215 e. The molecular weight excluding hydrogens is 196 g/mol. The lowest BCUT2D eigenvalue weighted by molar-refractivity contribution is 0.198. The molecule has 0 amide bonds. The van der Waals surface area contributed by atoms with Crippen LogP contribution in [0.3, 0.4) is 0 Å². The number of hydrogen-bond acceptors (Lipinski definition) is 2. The predicted octanol–water partition coefficient (Wildman–Crippen LogP) is 3.02. The quantitative estimate of drug-likeness (QED) is 0.645. The average Bonchev–Trinajstić information content (AvgIpc) is 2.77. The molecule has 0 aromatic heterocycles. The van der Waals surface area contributed by atoms with Gasteiger partial charge in [0.25, 0.3) is 0 Å². The van der Waals surface area contributed by atoms with E-state index in [1.165, 1.54) is 57.9 Å². The third-order valence-electron chi connectivity index (χ3n) is 4.06. The van der Waals surface area contributed by atoms with Crippen LogP contribution < -0.4 is 5.73 Å². The van der Waals surface area contributed by atoms with Crippen LogP contribution in [-0.4, -0.2) is 31.1 Å². The normalized spacial score (nSPS) is 19.5. The molecular formula is C14H30N2. The van der Waals surface area contributed by atoms with Gasteiger partial charge in [-0.3, -0.25) is 0 Å². The lowest BCUT2D eigenvalue weighted by Crippen LogP contribution is -2.40. The highest BCUT2D eigenvalue weighted by Crippen LogP contribution is 2.26. The second-order valence-corrected chi connectivity index (χ2v) is 5.48. The second-order valence-electron chi connectivity index (χ2n) is 5.48. The molecule has 0 spiro atoms. The van der Waals surface area contributed by atoms with Gasteiger partial charge in [-0.1, -0.05) is 39.0 Å². The van der Waals surface area contributed by atoms with Crippen molar-refractivity contribution in [2.45, 2.75) is 64.3 Å². The van der Waals surface area contributed by atoms with E-state index in [0.29, 0.717) is 6.04 Å². The summed E-state index contributed by atoms with van der Waals surface area (Å²) in [7, 11) is 2.27. The summed E-state index contributed by atoms with van der Waals surface area (Å²) in [6, 6.07) is 0.618. The number of rotatable bonds is 8. The summed E-state index contributed by atoms with van der Waals surface area (Å²) in [5.41, 5.74) is 5.89. The minimum Gasteiger partial charge on any atom is -0.329 e. The molecule has 1 fully saturated rings. The van der Waals surface area contributed by atoms with Crippen molar-refractivity contribution in [3.63, 3.8) is 0 Å². The third kappa shape index (κ3) is 4.84. The number of unbranched alkanes of at least 4 members (excludes halogenated alkanes) is 2. The van der Waals surface area contributed by atoms with E-state index < -0.39 is 0 Å². The summed E-state index contributed by atoms with van der Waals surface area (Å²) in [6.07, 6.45) is 11.1. The van der Waals surface area contributed by atoms with Gasteiger partial charge >= 0.3 is 0 Å². The molecule has 1 atom stereocenters. The van der Waals surface area contributed by atoms with E-state index in [2.05, 4.69) is 18.9 Å². The number of hydrogen-bond donors (Lipinski definition) is 1. The van der Waals surface area contributed by atoms with Crippen molar-refractivity contribution >= 4 is 0 Å². The molecule has 1 aliphatic rings. The van der Waals surface area contributed by atoms with Crippen LogP contribution in [0.15, 0.2) is 0 Å². The Balaban J connectivity index is 2.21. The van der Waals surface area contributed by atoms with Gasteiger partial charge in [-0.25, -0.2) is 0 Å².